The quantitative estimate of drug-likeness (QED) is 0.766. The topological polar surface area (TPSA) is 64.3 Å². The average molecular weight is 234 g/mol. The summed E-state index contributed by atoms with van der Waals surface area (Å²) in [4.78, 5) is 10.6. The van der Waals surface area contributed by atoms with Crippen LogP contribution in [0.2, 0.25) is 0 Å². The van der Waals surface area contributed by atoms with Crippen LogP contribution in [0.4, 0.5) is 24.5 Å². The normalized spacial score (nSPS) is 11.0. The SMILES string of the molecule is COc1ccc(NC(=O)C(F)(F)F)c(N)c1. The third-order valence-corrected chi connectivity index (χ3v) is 1.76. The van der Waals surface area contributed by atoms with Gasteiger partial charge in [0.2, 0.25) is 0 Å². The van der Waals surface area contributed by atoms with Crippen LogP contribution in [0, 0.1) is 0 Å². The number of benzene rings is 1. The van der Waals surface area contributed by atoms with Gasteiger partial charge in [-0.15, -0.1) is 0 Å². The van der Waals surface area contributed by atoms with Gasteiger partial charge in [0.05, 0.1) is 18.5 Å². The monoisotopic (exact) mass is 234 g/mol. The fourth-order valence-corrected chi connectivity index (χ4v) is 0.975. The number of alkyl halides is 3. The number of amides is 1. The molecular weight excluding hydrogens is 225 g/mol. The summed E-state index contributed by atoms with van der Waals surface area (Å²) >= 11 is 0. The van der Waals surface area contributed by atoms with Crippen molar-refractivity contribution >= 4 is 17.3 Å². The highest BCUT2D eigenvalue weighted by Crippen LogP contribution is 2.26. The van der Waals surface area contributed by atoms with Crippen molar-refractivity contribution in [2.75, 3.05) is 18.2 Å². The molecule has 0 aliphatic rings. The van der Waals surface area contributed by atoms with Crippen molar-refractivity contribution in [3.63, 3.8) is 0 Å². The van der Waals surface area contributed by atoms with E-state index in [0.29, 0.717) is 5.75 Å². The number of carbonyl (C=O) groups is 1. The Morgan fingerprint density at radius 3 is 2.50 bits per heavy atom. The maximum atomic E-state index is 11.9. The number of halogens is 3. The molecule has 0 radical (unpaired) electrons. The lowest BCUT2D eigenvalue weighted by molar-refractivity contribution is -0.167. The van der Waals surface area contributed by atoms with Gasteiger partial charge in [0.1, 0.15) is 5.75 Å². The maximum Gasteiger partial charge on any atom is 0.471 e. The van der Waals surface area contributed by atoms with E-state index < -0.39 is 12.1 Å². The van der Waals surface area contributed by atoms with Gasteiger partial charge in [-0.2, -0.15) is 13.2 Å². The van der Waals surface area contributed by atoms with Crippen LogP contribution < -0.4 is 15.8 Å². The zero-order chi connectivity index (χ0) is 12.3. The Morgan fingerprint density at radius 2 is 2.06 bits per heavy atom. The van der Waals surface area contributed by atoms with Gasteiger partial charge in [0, 0.05) is 6.07 Å². The van der Waals surface area contributed by atoms with Gasteiger partial charge in [-0.3, -0.25) is 4.79 Å². The van der Waals surface area contributed by atoms with Crippen molar-refractivity contribution in [1.29, 1.82) is 0 Å². The zero-order valence-corrected chi connectivity index (χ0v) is 8.26. The van der Waals surface area contributed by atoms with E-state index in [1.54, 1.807) is 5.32 Å². The molecule has 0 spiro atoms. The van der Waals surface area contributed by atoms with Crippen LogP contribution in [0.1, 0.15) is 0 Å². The number of nitrogens with two attached hydrogens (primary N) is 1. The zero-order valence-electron chi connectivity index (χ0n) is 8.26. The molecule has 0 aliphatic heterocycles. The Balaban J connectivity index is 2.87. The van der Waals surface area contributed by atoms with Gasteiger partial charge in [-0.05, 0) is 12.1 Å². The first kappa shape index (κ1) is 12.2. The minimum Gasteiger partial charge on any atom is -0.497 e. The molecule has 0 unspecified atom stereocenters. The van der Waals surface area contributed by atoms with Crippen LogP contribution >= 0.6 is 0 Å². The third-order valence-electron chi connectivity index (χ3n) is 1.76. The second kappa shape index (κ2) is 4.30. The van der Waals surface area contributed by atoms with Crippen LogP contribution in [0.5, 0.6) is 5.75 Å². The lowest BCUT2D eigenvalue weighted by atomic mass is 10.2. The van der Waals surface area contributed by atoms with E-state index in [4.69, 9.17) is 10.5 Å². The summed E-state index contributed by atoms with van der Waals surface area (Å²) < 4.78 is 40.6. The highest BCUT2D eigenvalue weighted by Gasteiger charge is 2.38. The number of hydrogen-bond acceptors (Lipinski definition) is 3. The molecule has 0 aliphatic carbocycles. The van der Waals surface area contributed by atoms with Crippen LogP contribution in [-0.4, -0.2) is 19.2 Å². The van der Waals surface area contributed by atoms with E-state index in [9.17, 15) is 18.0 Å². The van der Waals surface area contributed by atoms with Gasteiger partial charge < -0.3 is 15.8 Å². The molecule has 0 heterocycles. The summed E-state index contributed by atoms with van der Waals surface area (Å²) in [5.74, 6) is -1.67. The molecular formula is C9H9F3N2O2. The van der Waals surface area contributed by atoms with Gasteiger partial charge in [0.15, 0.2) is 0 Å². The molecule has 0 saturated carbocycles. The van der Waals surface area contributed by atoms with Crippen molar-refractivity contribution in [2.24, 2.45) is 0 Å². The molecule has 0 fully saturated rings. The van der Waals surface area contributed by atoms with E-state index in [1.807, 2.05) is 0 Å². The molecule has 0 bridgehead atoms. The van der Waals surface area contributed by atoms with Gasteiger partial charge in [-0.1, -0.05) is 0 Å². The standard InChI is InChI=1S/C9H9F3N2O2/c1-16-5-2-3-7(6(13)4-5)14-8(15)9(10,11)12/h2-4H,13H2,1H3,(H,14,15). The second-order valence-corrected chi connectivity index (χ2v) is 2.91. The highest BCUT2D eigenvalue weighted by molar-refractivity contribution is 5.97. The fraction of sp³-hybridized carbons (Fsp3) is 0.222. The summed E-state index contributed by atoms with van der Waals surface area (Å²) in [7, 11) is 1.39. The molecule has 1 rings (SSSR count). The minimum atomic E-state index is -4.94. The predicted molar refractivity (Wildman–Crippen MR) is 52.1 cm³/mol. The van der Waals surface area contributed by atoms with E-state index >= 15 is 0 Å². The Bertz CT molecular complexity index is 404. The van der Waals surface area contributed by atoms with Crippen molar-refractivity contribution < 1.29 is 22.7 Å². The Labute approximate surface area is 89.2 Å². The molecule has 1 aromatic carbocycles. The summed E-state index contributed by atoms with van der Waals surface area (Å²) in [6.45, 7) is 0. The maximum absolute atomic E-state index is 11.9. The van der Waals surface area contributed by atoms with Crippen molar-refractivity contribution in [3.05, 3.63) is 18.2 Å². The Hall–Kier alpha value is -1.92. The van der Waals surface area contributed by atoms with Crippen LogP contribution in [0.25, 0.3) is 0 Å². The smallest absolute Gasteiger partial charge is 0.471 e. The third kappa shape index (κ3) is 2.78. The fourth-order valence-electron chi connectivity index (χ4n) is 0.975. The first-order chi connectivity index (χ1) is 7.34. The number of carbonyl (C=O) groups excluding carboxylic acids is 1. The van der Waals surface area contributed by atoms with Gasteiger partial charge in [-0.25, -0.2) is 0 Å². The van der Waals surface area contributed by atoms with Crippen molar-refractivity contribution in [2.45, 2.75) is 6.18 Å². The van der Waals surface area contributed by atoms with Crippen LogP contribution in [0.3, 0.4) is 0 Å². The second-order valence-electron chi connectivity index (χ2n) is 2.91. The molecule has 0 atom stereocenters. The summed E-state index contributed by atoms with van der Waals surface area (Å²) in [6, 6.07) is 3.94. The number of methoxy groups -OCH3 is 1. The van der Waals surface area contributed by atoms with E-state index in [2.05, 4.69) is 0 Å². The first-order valence-corrected chi connectivity index (χ1v) is 4.16. The number of hydrogen-bond donors (Lipinski definition) is 2. The number of nitrogen functional groups attached to an aromatic ring is 1. The number of rotatable bonds is 2. The number of ether oxygens (including phenoxy) is 1. The van der Waals surface area contributed by atoms with E-state index in [1.165, 1.54) is 25.3 Å². The Morgan fingerprint density at radius 1 is 1.44 bits per heavy atom. The van der Waals surface area contributed by atoms with Crippen molar-refractivity contribution in [1.82, 2.24) is 0 Å². The Kier molecular flexibility index (Phi) is 3.26. The first-order valence-electron chi connectivity index (χ1n) is 4.16. The van der Waals surface area contributed by atoms with Gasteiger partial charge >= 0.3 is 12.1 Å². The largest absolute Gasteiger partial charge is 0.497 e. The predicted octanol–water partition coefficient (Wildman–Crippen LogP) is 1.78. The molecule has 4 nitrogen and oxygen atoms in total. The lowest BCUT2D eigenvalue weighted by Crippen LogP contribution is -2.30. The van der Waals surface area contributed by atoms with Crippen molar-refractivity contribution in [3.8, 4) is 5.75 Å². The molecule has 7 heteroatoms. The van der Waals surface area contributed by atoms with E-state index in [-0.39, 0.29) is 11.4 Å². The molecule has 0 aromatic heterocycles. The van der Waals surface area contributed by atoms with E-state index in [0.717, 1.165) is 0 Å². The lowest BCUT2D eigenvalue weighted by Gasteiger charge is -2.10. The molecule has 16 heavy (non-hydrogen) atoms. The minimum absolute atomic E-state index is 0.00282. The number of nitrogens with one attached hydrogen (secondary N) is 1. The summed E-state index contributed by atoms with van der Waals surface area (Å²) in [5, 5.41) is 1.66. The molecule has 0 saturated heterocycles. The van der Waals surface area contributed by atoms with Crippen LogP contribution in [-0.2, 0) is 4.79 Å². The highest BCUT2D eigenvalue weighted by atomic mass is 19.4. The average Bonchev–Trinajstić information content (AvgIpc) is 2.19. The van der Waals surface area contributed by atoms with Gasteiger partial charge in [0.25, 0.3) is 0 Å². The summed E-state index contributed by atoms with van der Waals surface area (Å²) in [6.07, 6.45) is -4.94. The molecule has 1 amide bonds. The molecule has 1 aromatic rings. The summed E-state index contributed by atoms with van der Waals surface area (Å²) in [5.41, 5.74) is 5.32. The molecule has 3 N–H and O–H groups in total. The molecule has 88 valence electrons. The number of anilines is 2. The van der Waals surface area contributed by atoms with Crippen LogP contribution in [0.15, 0.2) is 18.2 Å².